The predicted octanol–water partition coefficient (Wildman–Crippen LogP) is 4.16. The lowest BCUT2D eigenvalue weighted by Gasteiger charge is -2.36. The molecule has 2 atom stereocenters. The van der Waals surface area contributed by atoms with Gasteiger partial charge in [-0.2, -0.15) is 0 Å². The summed E-state index contributed by atoms with van der Waals surface area (Å²) in [5.41, 5.74) is 2.48. The quantitative estimate of drug-likeness (QED) is 0.834. The first-order valence-corrected chi connectivity index (χ1v) is 8.58. The number of rotatable bonds is 3. The van der Waals surface area contributed by atoms with Gasteiger partial charge in [-0.05, 0) is 42.3 Å². The van der Waals surface area contributed by atoms with E-state index in [9.17, 15) is 4.39 Å². The molecule has 0 amide bonds. The van der Waals surface area contributed by atoms with Crippen molar-refractivity contribution in [1.29, 1.82) is 0 Å². The van der Waals surface area contributed by atoms with E-state index in [1.54, 1.807) is 12.1 Å². The van der Waals surface area contributed by atoms with E-state index < -0.39 is 0 Å². The van der Waals surface area contributed by atoms with Gasteiger partial charge in [0.25, 0.3) is 0 Å². The summed E-state index contributed by atoms with van der Waals surface area (Å²) < 4.78 is 13.0. The molecule has 1 saturated heterocycles. The highest BCUT2D eigenvalue weighted by Gasteiger charge is 2.43. The second kappa shape index (κ2) is 6.14. The molecule has 2 aromatic rings. The van der Waals surface area contributed by atoms with Crippen molar-refractivity contribution in [2.75, 3.05) is 31.1 Å². The van der Waals surface area contributed by atoms with Crippen LogP contribution in [0, 0.1) is 5.82 Å². The number of benzene rings is 2. The number of piperazine rings is 1. The molecule has 1 aliphatic carbocycles. The van der Waals surface area contributed by atoms with Crippen molar-refractivity contribution in [3.63, 3.8) is 0 Å². The lowest BCUT2D eigenvalue weighted by molar-refractivity contribution is 0.244. The van der Waals surface area contributed by atoms with E-state index in [1.165, 1.54) is 17.7 Å². The van der Waals surface area contributed by atoms with Crippen LogP contribution in [-0.2, 0) is 0 Å². The van der Waals surface area contributed by atoms with E-state index in [2.05, 4.69) is 15.9 Å². The van der Waals surface area contributed by atoms with Crippen molar-refractivity contribution < 1.29 is 4.39 Å². The molecule has 2 aromatic carbocycles. The molecule has 1 saturated carbocycles. The molecule has 2 nitrogen and oxygen atoms in total. The third kappa shape index (κ3) is 3.22. The van der Waals surface area contributed by atoms with Crippen molar-refractivity contribution in [3.05, 3.63) is 64.9 Å². The first-order chi connectivity index (χ1) is 11.2. The summed E-state index contributed by atoms with van der Waals surface area (Å²) in [5.74, 6) is 0.425. The van der Waals surface area contributed by atoms with Crippen LogP contribution in [0.2, 0.25) is 5.02 Å². The highest BCUT2D eigenvalue weighted by molar-refractivity contribution is 6.30. The molecule has 0 N–H and O–H groups in total. The van der Waals surface area contributed by atoms with Gasteiger partial charge in [-0.1, -0.05) is 29.8 Å². The van der Waals surface area contributed by atoms with Crippen LogP contribution in [0.25, 0.3) is 0 Å². The van der Waals surface area contributed by atoms with Crippen LogP contribution in [0.3, 0.4) is 0 Å². The summed E-state index contributed by atoms with van der Waals surface area (Å²) in [6.45, 7) is 4.23. The Balaban J connectivity index is 1.35. The van der Waals surface area contributed by atoms with Gasteiger partial charge in [-0.25, -0.2) is 4.39 Å². The minimum absolute atomic E-state index is 0.152. The number of halogens is 2. The van der Waals surface area contributed by atoms with Crippen molar-refractivity contribution >= 4 is 17.3 Å². The van der Waals surface area contributed by atoms with Gasteiger partial charge in [0, 0.05) is 48.8 Å². The smallest absolute Gasteiger partial charge is 0.123 e. The zero-order valence-electron chi connectivity index (χ0n) is 13.0. The molecule has 0 aromatic heterocycles. The van der Waals surface area contributed by atoms with Crippen molar-refractivity contribution in [2.24, 2.45) is 0 Å². The highest BCUT2D eigenvalue weighted by Crippen LogP contribution is 2.45. The van der Waals surface area contributed by atoms with Gasteiger partial charge >= 0.3 is 0 Å². The van der Waals surface area contributed by atoms with Crippen LogP contribution < -0.4 is 4.90 Å². The summed E-state index contributed by atoms with van der Waals surface area (Å²) in [6.07, 6.45) is 1.20. The maximum atomic E-state index is 13.0. The number of anilines is 1. The fourth-order valence-corrected chi connectivity index (χ4v) is 3.82. The summed E-state index contributed by atoms with van der Waals surface area (Å²) >= 11 is 6.09. The summed E-state index contributed by atoms with van der Waals surface area (Å²) in [6, 6.07) is 15.7. The second-order valence-corrected chi connectivity index (χ2v) is 6.90. The normalized spacial score (nSPS) is 24.7. The van der Waals surface area contributed by atoms with Crippen LogP contribution >= 0.6 is 11.6 Å². The monoisotopic (exact) mass is 330 g/mol. The first-order valence-electron chi connectivity index (χ1n) is 8.21. The number of hydrogen-bond donors (Lipinski definition) is 0. The highest BCUT2D eigenvalue weighted by atomic mass is 35.5. The molecule has 120 valence electrons. The van der Waals surface area contributed by atoms with E-state index >= 15 is 0 Å². The van der Waals surface area contributed by atoms with Gasteiger partial charge in [0.05, 0.1) is 0 Å². The molecular formula is C19H20ClFN2. The van der Waals surface area contributed by atoms with Gasteiger partial charge in [-0.15, -0.1) is 0 Å². The lowest BCUT2D eigenvalue weighted by atomic mass is 10.1. The zero-order chi connectivity index (χ0) is 15.8. The standard InChI is InChI=1S/C19H20ClFN2/c20-15-2-1-3-17(12-15)22-8-10-23(11-9-22)19-13-18(19)14-4-6-16(21)7-5-14/h1-7,12,18-19H,8-11,13H2/t18-,19+/m0/s1. The van der Waals surface area contributed by atoms with Crippen molar-refractivity contribution in [2.45, 2.75) is 18.4 Å². The maximum absolute atomic E-state index is 13.0. The Labute approximate surface area is 141 Å². The Morgan fingerprint density at radius 3 is 2.39 bits per heavy atom. The third-order valence-electron chi connectivity index (χ3n) is 5.01. The summed E-state index contributed by atoms with van der Waals surface area (Å²) in [5, 5.41) is 0.795. The van der Waals surface area contributed by atoms with E-state index in [0.717, 1.165) is 31.2 Å². The van der Waals surface area contributed by atoms with Gasteiger partial charge in [-0.3, -0.25) is 4.90 Å². The number of hydrogen-bond acceptors (Lipinski definition) is 2. The Kier molecular flexibility index (Phi) is 4.00. The van der Waals surface area contributed by atoms with Gasteiger partial charge in [0.15, 0.2) is 0 Å². The minimum Gasteiger partial charge on any atom is -0.369 e. The Hall–Kier alpha value is -1.58. The van der Waals surface area contributed by atoms with Crippen LogP contribution in [0.15, 0.2) is 48.5 Å². The Bertz CT molecular complexity index is 680. The average molecular weight is 331 g/mol. The Morgan fingerprint density at radius 1 is 0.957 bits per heavy atom. The van der Waals surface area contributed by atoms with E-state index in [4.69, 9.17) is 11.6 Å². The van der Waals surface area contributed by atoms with Gasteiger partial charge in [0.1, 0.15) is 5.82 Å². The SMILES string of the molecule is Fc1ccc([C@@H]2C[C@H]2N2CCN(c3cccc(Cl)c3)CC2)cc1. The van der Waals surface area contributed by atoms with Crippen molar-refractivity contribution in [3.8, 4) is 0 Å². The van der Waals surface area contributed by atoms with Crippen LogP contribution in [0.5, 0.6) is 0 Å². The van der Waals surface area contributed by atoms with Gasteiger partial charge in [0.2, 0.25) is 0 Å². The third-order valence-corrected chi connectivity index (χ3v) is 5.25. The largest absolute Gasteiger partial charge is 0.369 e. The lowest BCUT2D eigenvalue weighted by Crippen LogP contribution is -2.47. The summed E-state index contributed by atoms with van der Waals surface area (Å²) in [4.78, 5) is 4.98. The molecule has 0 bridgehead atoms. The Morgan fingerprint density at radius 2 is 1.70 bits per heavy atom. The van der Waals surface area contributed by atoms with Crippen LogP contribution in [0.4, 0.5) is 10.1 Å². The zero-order valence-corrected chi connectivity index (χ0v) is 13.7. The molecule has 4 rings (SSSR count). The number of nitrogens with zero attached hydrogens (tertiary/aromatic N) is 2. The molecule has 0 spiro atoms. The van der Waals surface area contributed by atoms with Crippen molar-refractivity contribution in [1.82, 2.24) is 4.90 Å². The minimum atomic E-state index is -0.152. The predicted molar refractivity (Wildman–Crippen MR) is 92.8 cm³/mol. The average Bonchev–Trinajstić information content (AvgIpc) is 3.36. The molecule has 0 unspecified atom stereocenters. The molecule has 0 radical (unpaired) electrons. The van der Waals surface area contributed by atoms with E-state index in [1.807, 2.05) is 30.3 Å². The second-order valence-electron chi connectivity index (χ2n) is 6.46. The van der Waals surface area contributed by atoms with Gasteiger partial charge < -0.3 is 4.90 Å². The molecule has 4 heteroatoms. The summed E-state index contributed by atoms with van der Waals surface area (Å²) in [7, 11) is 0. The maximum Gasteiger partial charge on any atom is 0.123 e. The molecule has 2 fully saturated rings. The molecule has 23 heavy (non-hydrogen) atoms. The fraction of sp³-hybridized carbons (Fsp3) is 0.368. The molecule has 1 aliphatic heterocycles. The van der Waals surface area contributed by atoms with Crippen LogP contribution in [0.1, 0.15) is 17.9 Å². The molecular weight excluding hydrogens is 311 g/mol. The van der Waals surface area contributed by atoms with E-state index in [-0.39, 0.29) is 5.82 Å². The first kappa shape index (κ1) is 15.0. The molecule has 2 aliphatic rings. The van der Waals surface area contributed by atoms with Crippen LogP contribution in [-0.4, -0.2) is 37.1 Å². The topological polar surface area (TPSA) is 6.48 Å². The van der Waals surface area contributed by atoms with E-state index in [0.29, 0.717) is 12.0 Å². The fourth-order valence-electron chi connectivity index (χ4n) is 3.64. The molecule has 1 heterocycles.